The predicted molar refractivity (Wildman–Crippen MR) is 67.1 cm³/mol. The molecule has 0 saturated carbocycles. The molecule has 0 bridgehead atoms. The minimum atomic E-state index is -0.0213. The van der Waals surface area contributed by atoms with Crippen LogP contribution in [0.5, 0.6) is 0 Å². The van der Waals surface area contributed by atoms with Gasteiger partial charge in [0.15, 0.2) is 0 Å². The van der Waals surface area contributed by atoms with Crippen molar-refractivity contribution in [3.05, 3.63) is 28.8 Å². The van der Waals surface area contributed by atoms with Crippen LogP contribution in [0.2, 0.25) is 5.02 Å². The molecule has 1 N–H and O–H groups in total. The van der Waals surface area contributed by atoms with E-state index in [0.29, 0.717) is 5.02 Å². The third-order valence-corrected chi connectivity index (χ3v) is 2.84. The lowest BCUT2D eigenvalue weighted by atomic mass is 10.2. The average Bonchev–Trinajstić information content (AvgIpc) is 2.29. The van der Waals surface area contributed by atoms with Crippen molar-refractivity contribution < 1.29 is 9.84 Å². The minimum Gasteiger partial charge on any atom is -0.392 e. The monoisotopic (exact) mass is 243 g/mol. The quantitative estimate of drug-likeness (QED) is 0.779. The molecule has 0 aromatic heterocycles. The molecule has 1 aromatic rings. The summed E-state index contributed by atoms with van der Waals surface area (Å²) in [5.41, 5.74) is 1.81. The molecule has 0 fully saturated rings. The zero-order valence-corrected chi connectivity index (χ0v) is 10.5. The van der Waals surface area contributed by atoms with Gasteiger partial charge in [-0.1, -0.05) is 17.7 Å². The van der Waals surface area contributed by atoms with E-state index in [-0.39, 0.29) is 6.61 Å². The molecular formula is C12H18ClNO2. The molecular weight excluding hydrogens is 226 g/mol. The second-order valence-corrected chi connectivity index (χ2v) is 4.11. The predicted octanol–water partition coefficient (Wildman–Crippen LogP) is 2.31. The van der Waals surface area contributed by atoms with Crippen LogP contribution >= 0.6 is 11.6 Å². The molecule has 0 aliphatic heterocycles. The summed E-state index contributed by atoms with van der Waals surface area (Å²) in [7, 11) is 3.72. The fourth-order valence-corrected chi connectivity index (χ4v) is 1.71. The molecule has 4 heteroatoms. The first kappa shape index (κ1) is 13.3. The molecule has 1 rings (SSSR count). The van der Waals surface area contributed by atoms with Gasteiger partial charge in [0, 0.05) is 38.0 Å². The van der Waals surface area contributed by atoms with Crippen LogP contribution in [0, 0.1) is 0 Å². The summed E-state index contributed by atoms with van der Waals surface area (Å²) >= 11 is 6.02. The zero-order chi connectivity index (χ0) is 12.0. The number of methoxy groups -OCH3 is 1. The summed E-state index contributed by atoms with van der Waals surface area (Å²) in [6, 6.07) is 5.69. The van der Waals surface area contributed by atoms with Gasteiger partial charge in [-0.05, 0) is 24.1 Å². The number of benzene rings is 1. The highest BCUT2D eigenvalue weighted by atomic mass is 35.5. The Labute approximate surface area is 102 Å². The van der Waals surface area contributed by atoms with Crippen LogP contribution in [0.15, 0.2) is 18.2 Å². The normalized spacial score (nSPS) is 10.5. The number of aliphatic hydroxyl groups excluding tert-OH is 1. The molecule has 0 radical (unpaired) electrons. The molecule has 3 nitrogen and oxygen atoms in total. The second-order valence-electron chi connectivity index (χ2n) is 3.70. The van der Waals surface area contributed by atoms with E-state index in [0.717, 1.165) is 30.8 Å². The third kappa shape index (κ3) is 3.67. The lowest BCUT2D eigenvalue weighted by Gasteiger charge is -2.19. The van der Waals surface area contributed by atoms with Gasteiger partial charge in [-0.25, -0.2) is 0 Å². The van der Waals surface area contributed by atoms with Crippen LogP contribution in [0.4, 0.5) is 5.69 Å². The molecule has 90 valence electrons. The standard InChI is InChI=1S/C12H18ClNO2/c1-14(6-3-7-16-2)11-5-4-10(9-15)12(13)8-11/h4-5,8,15H,3,6-7,9H2,1-2H3. The summed E-state index contributed by atoms with van der Waals surface area (Å²) < 4.78 is 5.00. The third-order valence-electron chi connectivity index (χ3n) is 2.49. The SMILES string of the molecule is COCCCN(C)c1ccc(CO)c(Cl)c1. The molecule has 0 aliphatic carbocycles. The van der Waals surface area contributed by atoms with Crippen molar-refractivity contribution >= 4 is 17.3 Å². The van der Waals surface area contributed by atoms with Crippen molar-refractivity contribution in [2.75, 3.05) is 32.2 Å². The average molecular weight is 244 g/mol. The number of ether oxygens (including phenoxy) is 1. The van der Waals surface area contributed by atoms with E-state index in [1.54, 1.807) is 7.11 Å². The fraction of sp³-hybridized carbons (Fsp3) is 0.500. The molecule has 0 spiro atoms. The van der Waals surface area contributed by atoms with Gasteiger partial charge >= 0.3 is 0 Å². The maximum Gasteiger partial charge on any atom is 0.0696 e. The number of anilines is 1. The molecule has 0 heterocycles. The van der Waals surface area contributed by atoms with Gasteiger partial charge in [0.2, 0.25) is 0 Å². The van der Waals surface area contributed by atoms with Crippen LogP contribution in [-0.2, 0) is 11.3 Å². The molecule has 16 heavy (non-hydrogen) atoms. The summed E-state index contributed by atoms with van der Waals surface area (Å²) in [4.78, 5) is 2.12. The molecule has 0 amide bonds. The Balaban J connectivity index is 2.62. The van der Waals surface area contributed by atoms with E-state index >= 15 is 0 Å². The van der Waals surface area contributed by atoms with Crippen LogP contribution < -0.4 is 4.90 Å². The molecule has 1 aromatic carbocycles. The number of rotatable bonds is 6. The largest absolute Gasteiger partial charge is 0.392 e. The molecule has 0 atom stereocenters. The van der Waals surface area contributed by atoms with E-state index in [2.05, 4.69) is 4.90 Å². The van der Waals surface area contributed by atoms with Gasteiger partial charge in [-0.15, -0.1) is 0 Å². The highest BCUT2D eigenvalue weighted by Crippen LogP contribution is 2.23. The van der Waals surface area contributed by atoms with E-state index < -0.39 is 0 Å². The smallest absolute Gasteiger partial charge is 0.0696 e. The van der Waals surface area contributed by atoms with Crippen molar-refractivity contribution in [1.82, 2.24) is 0 Å². The first-order valence-electron chi connectivity index (χ1n) is 5.28. The molecule has 0 saturated heterocycles. The summed E-state index contributed by atoms with van der Waals surface area (Å²) in [5.74, 6) is 0. The molecule has 0 aliphatic rings. The number of aliphatic hydroxyl groups is 1. The Kier molecular flexibility index (Phi) is 5.60. The summed E-state index contributed by atoms with van der Waals surface area (Å²) in [6.45, 7) is 1.65. The Morgan fingerprint density at radius 3 is 2.75 bits per heavy atom. The lowest BCUT2D eigenvalue weighted by Crippen LogP contribution is -2.19. The van der Waals surface area contributed by atoms with E-state index in [9.17, 15) is 0 Å². The molecule has 0 unspecified atom stereocenters. The number of halogens is 1. The second kappa shape index (κ2) is 6.74. The summed E-state index contributed by atoms with van der Waals surface area (Å²) in [6.07, 6.45) is 0.979. The van der Waals surface area contributed by atoms with E-state index in [1.165, 1.54) is 0 Å². The van der Waals surface area contributed by atoms with Crippen molar-refractivity contribution in [1.29, 1.82) is 0 Å². The van der Waals surface area contributed by atoms with Crippen LogP contribution in [0.25, 0.3) is 0 Å². The van der Waals surface area contributed by atoms with Crippen molar-refractivity contribution in [2.24, 2.45) is 0 Å². The maximum atomic E-state index is 9.01. The fourth-order valence-electron chi connectivity index (χ4n) is 1.48. The van der Waals surface area contributed by atoms with Gasteiger partial charge < -0.3 is 14.7 Å². The maximum absolute atomic E-state index is 9.01. The van der Waals surface area contributed by atoms with Crippen LogP contribution in [0.1, 0.15) is 12.0 Å². The highest BCUT2D eigenvalue weighted by Gasteiger charge is 2.04. The minimum absolute atomic E-state index is 0.0213. The van der Waals surface area contributed by atoms with Gasteiger partial charge in [0.1, 0.15) is 0 Å². The number of hydrogen-bond donors (Lipinski definition) is 1. The van der Waals surface area contributed by atoms with Crippen LogP contribution in [0.3, 0.4) is 0 Å². The Morgan fingerprint density at radius 2 is 2.19 bits per heavy atom. The van der Waals surface area contributed by atoms with Gasteiger partial charge in [-0.2, -0.15) is 0 Å². The lowest BCUT2D eigenvalue weighted by molar-refractivity contribution is 0.196. The van der Waals surface area contributed by atoms with Crippen molar-refractivity contribution in [2.45, 2.75) is 13.0 Å². The first-order chi connectivity index (χ1) is 7.69. The van der Waals surface area contributed by atoms with Crippen LogP contribution in [-0.4, -0.2) is 32.4 Å². The first-order valence-corrected chi connectivity index (χ1v) is 5.66. The highest BCUT2D eigenvalue weighted by molar-refractivity contribution is 6.31. The Hall–Kier alpha value is -0.770. The van der Waals surface area contributed by atoms with Gasteiger partial charge in [-0.3, -0.25) is 0 Å². The van der Waals surface area contributed by atoms with Crippen molar-refractivity contribution in [3.63, 3.8) is 0 Å². The van der Waals surface area contributed by atoms with E-state index in [1.807, 2.05) is 25.2 Å². The van der Waals surface area contributed by atoms with Gasteiger partial charge in [0.25, 0.3) is 0 Å². The number of nitrogens with zero attached hydrogens (tertiary/aromatic N) is 1. The van der Waals surface area contributed by atoms with Crippen molar-refractivity contribution in [3.8, 4) is 0 Å². The summed E-state index contributed by atoms with van der Waals surface area (Å²) in [5, 5.41) is 9.62. The zero-order valence-electron chi connectivity index (χ0n) is 9.74. The van der Waals surface area contributed by atoms with E-state index in [4.69, 9.17) is 21.4 Å². The topological polar surface area (TPSA) is 32.7 Å². The van der Waals surface area contributed by atoms with Gasteiger partial charge in [0.05, 0.1) is 6.61 Å². The Bertz CT molecular complexity index is 331. The Morgan fingerprint density at radius 1 is 1.44 bits per heavy atom. The number of hydrogen-bond acceptors (Lipinski definition) is 3.